The van der Waals surface area contributed by atoms with Gasteiger partial charge in [0.15, 0.2) is 0 Å². The van der Waals surface area contributed by atoms with E-state index in [1.165, 1.54) is 15.5 Å². The second-order valence-corrected chi connectivity index (χ2v) is 6.07. The summed E-state index contributed by atoms with van der Waals surface area (Å²) in [4.78, 5) is 1.20. The van der Waals surface area contributed by atoms with Gasteiger partial charge in [-0.15, -0.1) is 0 Å². The van der Waals surface area contributed by atoms with Gasteiger partial charge in [-0.3, -0.25) is 4.68 Å². The molecule has 0 atom stereocenters. The molecule has 1 aromatic carbocycles. The number of nitrogens with zero attached hydrogens (tertiary/aromatic N) is 2. The molecule has 0 spiro atoms. The molecule has 0 amide bonds. The molecule has 0 aliphatic heterocycles. The van der Waals surface area contributed by atoms with Crippen molar-refractivity contribution in [3.63, 3.8) is 0 Å². The highest BCUT2D eigenvalue weighted by Gasteiger charge is 2.13. The third-order valence-electron chi connectivity index (χ3n) is 2.69. The molecule has 0 saturated heterocycles. The van der Waals surface area contributed by atoms with Gasteiger partial charge in [0.1, 0.15) is 5.03 Å². The zero-order valence-electron chi connectivity index (χ0n) is 10.5. The number of aryl methyl sites for hydroxylation is 2. The van der Waals surface area contributed by atoms with E-state index in [1.54, 1.807) is 11.8 Å². The van der Waals surface area contributed by atoms with Crippen LogP contribution >= 0.6 is 27.7 Å². The Hall–Kier alpha value is -0.780. The van der Waals surface area contributed by atoms with Gasteiger partial charge in [0, 0.05) is 22.0 Å². The SMILES string of the molecule is Cc1nn(C)c(Sc2cccc(Br)c2)c1CCN. The summed E-state index contributed by atoms with van der Waals surface area (Å²) in [7, 11) is 1.98. The van der Waals surface area contributed by atoms with Crippen molar-refractivity contribution in [3.8, 4) is 0 Å². The zero-order chi connectivity index (χ0) is 13.1. The molecule has 1 heterocycles. The maximum atomic E-state index is 5.67. The molecule has 0 radical (unpaired) electrons. The summed E-state index contributed by atoms with van der Waals surface area (Å²) in [6, 6.07) is 8.28. The standard InChI is InChI=1S/C13H16BrN3S/c1-9-12(6-7-15)13(17(2)16-9)18-11-5-3-4-10(14)8-11/h3-5,8H,6-7,15H2,1-2H3. The second-order valence-electron chi connectivity index (χ2n) is 4.09. The second kappa shape index (κ2) is 5.91. The molecular weight excluding hydrogens is 310 g/mol. The number of rotatable bonds is 4. The van der Waals surface area contributed by atoms with Gasteiger partial charge in [-0.1, -0.05) is 33.8 Å². The Labute approximate surface area is 120 Å². The fraction of sp³-hybridized carbons (Fsp3) is 0.308. The third-order valence-corrected chi connectivity index (χ3v) is 4.38. The topological polar surface area (TPSA) is 43.8 Å². The summed E-state index contributed by atoms with van der Waals surface area (Å²) < 4.78 is 3.03. The predicted molar refractivity (Wildman–Crippen MR) is 79.0 cm³/mol. The Bertz CT molecular complexity index is 551. The minimum Gasteiger partial charge on any atom is -0.330 e. The van der Waals surface area contributed by atoms with Crippen molar-refractivity contribution < 1.29 is 0 Å². The molecule has 1 aromatic heterocycles. The normalized spacial score (nSPS) is 10.9. The highest BCUT2D eigenvalue weighted by atomic mass is 79.9. The van der Waals surface area contributed by atoms with E-state index in [4.69, 9.17) is 5.73 Å². The molecule has 0 unspecified atom stereocenters. The van der Waals surface area contributed by atoms with Gasteiger partial charge in [0.25, 0.3) is 0 Å². The van der Waals surface area contributed by atoms with Gasteiger partial charge in [-0.05, 0) is 38.1 Å². The molecule has 2 N–H and O–H groups in total. The quantitative estimate of drug-likeness (QED) is 0.939. The predicted octanol–water partition coefficient (Wildman–Crippen LogP) is 3.14. The van der Waals surface area contributed by atoms with E-state index in [0.29, 0.717) is 6.54 Å². The van der Waals surface area contributed by atoms with Gasteiger partial charge < -0.3 is 5.73 Å². The van der Waals surface area contributed by atoms with E-state index < -0.39 is 0 Å². The van der Waals surface area contributed by atoms with Gasteiger partial charge in [0.2, 0.25) is 0 Å². The van der Waals surface area contributed by atoms with Gasteiger partial charge in [0.05, 0.1) is 5.69 Å². The van der Waals surface area contributed by atoms with Crippen molar-refractivity contribution in [1.82, 2.24) is 9.78 Å². The lowest BCUT2D eigenvalue weighted by atomic mass is 10.2. The van der Waals surface area contributed by atoms with Crippen molar-refractivity contribution >= 4 is 27.7 Å². The van der Waals surface area contributed by atoms with Crippen LogP contribution in [0.4, 0.5) is 0 Å². The van der Waals surface area contributed by atoms with E-state index in [-0.39, 0.29) is 0 Å². The lowest BCUT2D eigenvalue weighted by Crippen LogP contribution is -2.04. The summed E-state index contributed by atoms with van der Waals surface area (Å²) in [6.07, 6.45) is 0.871. The lowest BCUT2D eigenvalue weighted by molar-refractivity contribution is 0.688. The van der Waals surface area contributed by atoms with Crippen LogP contribution in [0.1, 0.15) is 11.3 Å². The smallest absolute Gasteiger partial charge is 0.102 e. The summed E-state index contributed by atoms with van der Waals surface area (Å²) in [6.45, 7) is 2.69. The van der Waals surface area contributed by atoms with Crippen LogP contribution in [0, 0.1) is 6.92 Å². The average Bonchev–Trinajstić information content (AvgIpc) is 2.57. The van der Waals surface area contributed by atoms with Crippen LogP contribution in [0.3, 0.4) is 0 Å². The molecule has 0 bridgehead atoms. The van der Waals surface area contributed by atoms with E-state index >= 15 is 0 Å². The Morgan fingerprint density at radius 1 is 1.44 bits per heavy atom. The van der Waals surface area contributed by atoms with Gasteiger partial charge in [-0.25, -0.2) is 0 Å². The fourth-order valence-electron chi connectivity index (χ4n) is 1.88. The largest absolute Gasteiger partial charge is 0.330 e. The van der Waals surface area contributed by atoms with Crippen molar-refractivity contribution in [2.75, 3.05) is 6.54 Å². The first-order valence-corrected chi connectivity index (χ1v) is 7.38. The Kier molecular flexibility index (Phi) is 4.48. The monoisotopic (exact) mass is 325 g/mol. The number of hydrogen-bond donors (Lipinski definition) is 1. The Balaban J connectivity index is 2.33. The molecule has 0 aliphatic carbocycles. The van der Waals surface area contributed by atoms with Crippen molar-refractivity contribution in [2.45, 2.75) is 23.3 Å². The van der Waals surface area contributed by atoms with Crippen LogP contribution in [-0.2, 0) is 13.5 Å². The van der Waals surface area contributed by atoms with Gasteiger partial charge >= 0.3 is 0 Å². The Morgan fingerprint density at radius 3 is 2.89 bits per heavy atom. The molecule has 96 valence electrons. The number of hydrogen-bond acceptors (Lipinski definition) is 3. The maximum absolute atomic E-state index is 5.67. The summed E-state index contributed by atoms with van der Waals surface area (Å²) in [5.74, 6) is 0. The first-order valence-electron chi connectivity index (χ1n) is 5.77. The first-order chi connectivity index (χ1) is 8.61. The highest BCUT2D eigenvalue weighted by molar-refractivity contribution is 9.10. The van der Waals surface area contributed by atoms with E-state index in [0.717, 1.165) is 16.6 Å². The van der Waals surface area contributed by atoms with E-state index in [1.807, 2.05) is 30.8 Å². The minimum atomic E-state index is 0.651. The molecule has 5 heteroatoms. The zero-order valence-corrected chi connectivity index (χ0v) is 12.9. The molecule has 0 aliphatic rings. The molecule has 0 saturated carbocycles. The number of halogens is 1. The summed E-state index contributed by atoms with van der Waals surface area (Å²) in [5.41, 5.74) is 8.00. The van der Waals surface area contributed by atoms with Crippen LogP contribution in [0.25, 0.3) is 0 Å². The lowest BCUT2D eigenvalue weighted by Gasteiger charge is -2.06. The minimum absolute atomic E-state index is 0.651. The van der Waals surface area contributed by atoms with Crippen molar-refractivity contribution in [3.05, 3.63) is 40.0 Å². The van der Waals surface area contributed by atoms with Crippen molar-refractivity contribution in [2.24, 2.45) is 12.8 Å². The molecule has 3 nitrogen and oxygen atoms in total. The number of nitrogens with two attached hydrogens (primary N) is 1. The summed E-state index contributed by atoms with van der Waals surface area (Å²) >= 11 is 5.22. The molecule has 2 aromatic rings. The molecular formula is C13H16BrN3S. The van der Waals surface area contributed by atoms with Gasteiger partial charge in [-0.2, -0.15) is 5.10 Å². The van der Waals surface area contributed by atoms with Crippen LogP contribution in [-0.4, -0.2) is 16.3 Å². The fourth-order valence-corrected chi connectivity index (χ4v) is 3.54. The summed E-state index contributed by atoms with van der Waals surface area (Å²) in [5, 5.41) is 5.65. The van der Waals surface area contributed by atoms with E-state index in [9.17, 15) is 0 Å². The first kappa shape index (κ1) is 13.6. The Morgan fingerprint density at radius 2 is 2.22 bits per heavy atom. The van der Waals surface area contributed by atoms with Crippen molar-refractivity contribution in [1.29, 1.82) is 0 Å². The van der Waals surface area contributed by atoms with Crippen LogP contribution < -0.4 is 5.73 Å². The van der Waals surface area contributed by atoms with E-state index in [2.05, 4.69) is 33.2 Å². The number of aromatic nitrogens is 2. The maximum Gasteiger partial charge on any atom is 0.102 e. The van der Waals surface area contributed by atoms with Crippen LogP contribution in [0.5, 0.6) is 0 Å². The van der Waals surface area contributed by atoms with Crippen LogP contribution in [0.15, 0.2) is 38.7 Å². The van der Waals surface area contributed by atoms with Crippen LogP contribution in [0.2, 0.25) is 0 Å². The molecule has 0 fully saturated rings. The molecule has 18 heavy (non-hydrogen) atoms. The highest BCUT2D eigenvalue weighted by Crippen LogP contribution is 2.32. The molecule has 2 rings (SSSR count). The average molecular weight is 326 g/mol. The third kappa shape index (κ3) is 2.96. The number of benzene rings is 1.